The summed E-state index contributed by atoms with van der Waals surface area (Å²) in [5, 5.41) is 0.691. The van der Waals surface area contributed by atoms with Crippen molar-refractivity contribution in [3.63, 3.8) is 0 Å². The molecule has 1 heterocycles. The summed E-state index contributed by atoms with van der Waals surface area (Å²) in [5.41, 5.74) is 6.62. The van der Waals surface area contributed by atoms with Crippen LogP contribution in [0.25, 0.3) is 0 Å². The van der Waals surface area contributed by atoms with E-state index in [1.165, 1.54) is 0 Å². The maximum atomic E-state index is 5.92. The number of ether oxygens (including phenoxy) is 2. The van der Waals surface area contributed by atoms with Crippen LogP contribution in [0.1, 0.15) is 5.56 Å². The molecule has 1 aromatic carbocycles. The second-order valence-corrected chi connectivity index (χ2v) is 4.70. The van der Waals surface area contributed by atoms with Gasteiger partial charge in [0.2, 0.25) is 0 Å². The van der Waals surface area contributed by atoms with Gasteiger partial charge in [-0.1, -0.05) is 11.6 Å². The largest absolute Gasteiger partial charge is 0.492 e. The van der Waals surface area contributed by atoms with Gasteiger partial charge < -0.3 is 15.2 Å². The Morgan fingerprint density at radius 3 is 2.74 bits per heavy atom. The fourth-order valence-corrected chi connectivity index (χ4v) is 2.15. The lowest BCUT2D eigenvalue weighted by molar-refractivity contribution is 0.0322. The minimum atomic E-state index is 0. The molecule has 1 aliphatic rings. The molecule has 0 saturated carbocycles. The molecular formula is C13H20Cl2N2O2. The van der Waals surface area contributed by atoms with Crippen molar-refractivity contribution < 1.29 is 9.47 Å². The highest BCUT2D eigenvalue weighted by Gasteiger charge is 2.10. The molecule has 0 unspecified atom stereocenters. The predicted molar refractivity (Wildman–Crippen MR) is 79.3 cm³/mol. The van der Waals surface area contributed by atoms with E-state index in [2.05, 4.69) is 4.90 Å². The van der Waals surface area contributed by atoms with Crippen molar-refractivity contribution in [3.8, 4) is 5.75 Å². The van der Waals surface area contributed by atoms with Crippen LogP contribution in [0, 0.1) is 0 Å². The number of nitrogens with zero attached hydrogens (tertiary/aromatic N) is 1. The molecular weight excluding hydrogens is 287 g/mol. The van der Waals surface area contributed by atoms with Crippen molar-refractivity contribution in [1.29, 1.82) is 0 Å². The summed E-state index contributed by atoms with van der Waals surface area (Å²) in [6.07, 6.45) is 0. The van der Waals surface area contributed by atoms with E-state index in [0.29, 0.717) is 18.2 Å². The Hall–Kier alpha value is -0.520. The summed E-state index contributed by atoms with van der Waals surface area (Å²) in [5.74, 6) is 0.829. The van der Waals surface area contributed by atoms with Crippen LogP contribution in [0.2, 0.25) is 5.02 Å². The molecule has 0 amide bonds. The monoisotopic (exact) mass is 306 g/mol. The zero-order valence-corrected chi connectivity index (χ0v) is 12.4. The van der Waals surface area contributed by atoms with Gasteiger partial charge in [0.1, 0.15) is 12.4 Å². The van der Waals surface area contributed by atoms with E-state index in [4.69, 9.17) is 26.8 Å². The predicted octanol–water partition coefficient (Wildman–Crippen LogP) is 1.93. The van der Waals surface area contributed by atoms with Crippen LogP contribution >= 0.6 is 24.0 Å². The van der Waals surface area contributed by atoms with Crippen LogP contribution < -0.4 is 10.5 Å². The molecule has 6 heteroatoms. The molecule has 19 heavy (non-hydrogen) atoms. The van der Waals surface area contributed by atoms with Crippen molar-refractivity contribution >= 4 is 24.0 Å². The maximum absolute atomic E-state index is 5.92. The number of hydrogen-bond acceptors (Lipinski definition) is 4. The summed E-state index contributed by atoms with van der Waals surface area (Å²) in [4.78, 5) is 2.33. The molecule has 0 radical (unpaired) electrons. The zero-order valence-electron chi connectivity index (χ0n) is 10.8. The van der Waals surface area contributed by atoms with E-state index in [9.17, 15) is 0 Å². The van der Waals surface area contributed by atoms with Crippen molar-refractivity contribution in [2.45, 2.75) is 6.54 Å². The van der Waals surface area contributed by atoms with Gasteiger partial charge in [-0.05, 0) is 18.2 Å². The molecule has 0 spiro atoms. The van der Waals surface area contributed by atoms with Crippen molar-refractivity contribution in [3.05, 3.63) is 28.8 Å². The number of nitrogens with two attached hydrogens (primary N) is 1. The van der Waals surface area contributed by atoms with E-state index in [-0.39, 0.29) is 12.4 Å². The minimum absolute atomic E-state index is 0. The normalized spacial score (nSPS) is 15.9. The Balaban J connectivity index is 0.00000180. The molecule has 2 rings (SSSR count). The Labute approximate surface area is 125 Å². The number of morpholine rings is 1. The number of halogens is 2. The summed E-state index contributed by atoms with van der Waals surface area (Å²) < 4.78 is 11.1. The number of hydrogen-bond donors (Lipinski definition) is 1. The molecule has 4 nitrogen and oxygen atoms in total. The average Bonchev–Trinajstić information content (AvgIpc) is 2.41. The van der Waals surface area contributed by atoms with Gasteiger partial charge in [-0.15, -0.1) is 12.4 Å². The Morgan fingerprint density at radius 2 is 2.05 bits per heavy atom. The highest BCUT2D eigenvalue weighted by molar-refractivity contribution is 6.30. The molecule has 1 fully saturated rings. The highest BCUT2D eigenvalue weighted by Crippen LogP contribution is 2.22. The fraction of sp³-hybridized carbons (Fsp3) is 0.538. The number of benzene rings is 1. The molecule has 1 saturated heterocycles. The van der Waals surface area contributed by atoms with Gasteiger partial charge in [-0.3, -0.25) is 4.90 Å². The standard InChI is InChI=1S/C13H19ClN2O2.ClH/c14-12-1-2-13(11(9-12)10-15)18-8-5-16-3-6-17-7-4-16;/h1-2,9H,3-8,10,15H2;1H. The summed E-state index contributed by atoms with van der Waals surface area (Å²) in [7, 11) is 0. The van der Waals surface area contributed by atoms with Crippen LogP contribution in [0.4, 0.5) is 0 Å². The highest BCUT2D eigenvalue weighted by atomic mass is 35.5. The minimum Gasteiger partial charge on any atom is -0.492 e. The van der Waals surface area contributed by atoms with Crippen LogP contribution in [0.15, 0.2) is 18.2 Å². The van der Waals surface area contributed by atoms with Gasteiger partial charge in [0, 0.05) is 36.8 Å². The first-order chi connectivity index (χ1) is 8.79. The molecule has 0 bridgehead atoms. The zero-order chi connectivity index (χ0) is 12.8. The third-order valence-electron chi connectivity index (χ3n) is 3.01. The molecule has 1 aliphatic heterocycles. The lowest BCUT2D eigenvalue weighted by atomic mass is 10.2. The van der Waals surface area contributed by atoms with Gasteiger partial charge in [-0.2, -0.15) is 0 Å². The van der Waals surface area contributed by atoms with E-state index in [0.717, 1.165) is 44.2 Å². The van der Waals surface area contributed by atoms with Gasteiger partial charge in [0.05, 0.1) is 13.2 Å². The maximum Gasteiger partial charge on any atom is 0.123 e. The fourth-order valence-electron chi connectivity index (χ4n) is 1.96. The summed E-state index contributed by atoms with van der Waals surface area (Å²) in [6, 6.07) is 5.56. The van der Waals surface area contributed by atoms with Gasteiger partial charge in [0.25, 0.3) is 0 Å². The van der Waals surface area contributed by atoms with Crippen LogP contribution in [-0.4, -0.2) is 44.4 Å². The van der Waals surface area contributed by atoms with E-state index >= 15 is 0 Å². The molecule has 0 atom stereocenters. The van der Waals surface area contributed by atoms with Crippen LogP contribution in [0.3, 0.4) is 0 Å². The van der Waals surface area contributed by atoms with Gasteiger partial charge >= 0.3 is 0 Å². The van der Waals surface area contributed by atoms with Gasteiger partial charge in [-0.25, -0.2) is 0 Å². The SMILES string of the molecule is Cl.NCc1cc(Cl)ccc1OCCN1CCOCC1. The Morgan fingerprint density at radius 1 is 1.32 bits per heavy atom. The first-order valence-corrected chi connectivity index (χ1v) is 6.59. The van der Waals surface area contributed by atoms with E-state index < -0.39 is 0 Å². The third kappa shape index (κ3) is 5.16. The molecule has 1 aromatic rings. The first kappa shape index (κ1) is 16.5. The number of rotatable bonds is 5. The average molecular weight is 307 g/mol. The summed E-state index contributed by atoms with van der Waals surface area (Å²) >= 11 is 5.92. The van der Waals surface area contributed by atoms with Crippen molar-refractivity contribution in [1.82, 2.24) is 4.90 Å². The molecule has 108 valence electrons. The van der Waals surface area contributed by atoms with Crippen LogP contribution in [0.5, 0.6) is 5.75 Å². The topological polar surface area (TPSA) is 47.7 Å². The van der Waals surface area contributed by atoms with Crippen molar-refractivity contribution in [2.75, 3.05) is 39.5 Å². The Kier molecular flexibility index (Phi) is 7.49. The van der Waals surface area contributed by atoms with Gasteiger partial charge in [0.15, 0.2) is 0 Å². The quantitative estimate of drug-likeness (QED) is 0.903. The first-order valence-electron chi connectivity index (χ1n) is 6.21. The van der Waals surface area contributed by atoms with Crippen LogP contribution in [-0.2, 0) is 11.3 Å². The second kappa shape index (κ2) is 8.61. The lowest BCUT2D eigenvalue weighted by Crippen LogP contribution is -2.38. The smallest absolute Gasteiger partial charge is 0.123 e. The lowest BCUT2D eigenvalue weighted by Gasteiger charge is -2.26. The van der Waals surface area contributed by atoms with E-state index in [1.54, 1.807) is 0 Å². The second-order valence-electron chi connectivity index (χ2n) is 4.26. The molecule has 0 aliphatic carbocycles. The molecule has 2 N–H and O–H groups in total. The van der Waals surface area contributed by atoms with E-state index in [1.807, 2.05) is 18.2 Å². The molecule has 0 aromatic heterocycles. The summed E-state index contributed by atoms with van der Waals surface area (Å²) in [6.45, 7) is 5.60. The van der Waals surface area contributed by atoms with Crippen molar-refractivity contribution in [2.24, 2.45) is 5.73 Å². The Bertz CT molecular complexity index is 385. The third-order valence-corrected chi connectivity index (χ3v) is 3.25.